The van der Waals surface area contributed by atoms with Crippen LogP contribution in [0.25, 0.3) is 0 Å². The summed E-state index contributed by atoms with van der Waals surface area (Å²) in [6, 6.07) is 7.82. The van der Waals surface area contributed by atoms with Crippen LogP contribution in [0.2, 0.25) is 0 Å². The number of rotatable bonds is 6. The standard InChI is InChI=1S/C19H27N5O/c1-19(2,3)14-8-6-7-9-15(14)23-18(25)16-12-22-17(13-21-16)20-10-11-24(4)5/h6-9,12-13H,10-11H2,1-5H3,(H,20,22)(H,23,25). The van der Waals surface area contributed by atoms with E-state index < -0.39 is 0 Å². The fraction of sp³-hybridized carbons (Fsp3) is 0.421. The molecule has 6 heteroatoms. The van der Waals surface area contributed by atoms with E-state index in [1.165, 1.54) is 6.20 Å². The molecule has 0 unspecified atom stereocenters. The van der Waals surface area contributed by atoms with Crippen LogP contribution in [0.5, 0.6) is 0 Å². The van der Waals surface area contributed by atoms with Crippen LogP contribution in [-0.2, 0) is 5.41 Å². The molecule has 0 aliphatic rings. The zero-order chi connectivity index (χ0) is 18.4. The second-order valence-electron chi connectivity index (χ2n) is 7.27. The Morgan fingerprint density at radius 3 is 2.44 bits per heavy atom. The largest absolute Gasteiger partial charge is 0.368 e. The van der Waals surface area contributed by atoms with E-state index in [1.54, 1.807) is 6.20 Å². The first kappa shape index (κ1) is 18.9. The van der Waals surface area contributed by atoms with Gasteiger partial charge in [-0.15, -0.1) is 0 Å². The molecule has 0 saturated carbocycles. The van der Waals surface area contributed by atoms with Crippen LogP contribution in [0, 0.1) is 0 Å². The molecule has 0 aliphatic carbocycles. The fourth-order valence-electron chi connectivity index (χ4n) is 2.38. The summed E-state index contributed by atoms with van der Waals surface area (Å²) in [6.07, 6.45) is 3.08. The lowest BCUT2D eigenvalue weighted by molar-refractivity contribution is 0.102. The Morgan fingerprint density at radius 1 is 1.12 bits per heavy atom. The van der Waals surface area contributed by atoms with Gasteiger partial charge >= 0.3 is 0 Å². The lowest BCUT2D eigenvalue weighted by Gasteiger charge is -2.22. The number of benzene rings is 1. The first-order chi connectivity index (χ1) is 11.8. The lowest BCUT2D eigenvalue weighted by Crippen LogP contribution is -2.22. The highest BCUT2D eigenvalue weighted by Gasteiger charge is 2.19. The first-order valence-electron chi connectivity index (χ1n) is 8.39. The molecule has 6 nitrogen and oxygen atoms in total. The molecule has 1 amide bonds. The van der Waals surface area contributed by atoms with Crippen molar-refractivity contribution in [2.75, 3.05) is 37.8 Å². The zero-order valence-corrected chi connectivity index (χ0v) is 15.6. The Kier molecular flexibility index (Phi) is 6.09. The number of para-hydroxylation sites is 1. The van der Waals surface area contributed by atoms with E-state index in [0.29, 0.717) is 11.5 Å². The van der Waals surface area contributed by atoms with Crippen molar-refractivity contribution in [1.82, 2.24) is 14.9 Å². The summed E-state index contributed by atoms with van der Waals surface area (Å²) in [7, 11) is 4.02. The number of carbonyl (C=O) groups excluding carboxylic acids is 1. The molecule has 0 spiro atoms. The van der Waals surface area contributed by atoms with E-state index in [-0.39, 0.29) is 11.3 Å². The highest BCUT2D eigenvalue weighted by atomic mass is 16.1. The summed E-state index contributed by atoms with van der Waals surface area (Å²) in [5.74, 6) is 0.400. The molecule has 25 heavy (non-hydrogen) atoms. The van der Waals surface area contributed by atoms with Crippen molar-refractivity contribution in [2.45, 2.75) is 26.2 Å². The maximum Gasteiger partial charge on any atom is 0.275 e. The molecule has 0 aliphatic heterocycles. The second-order valence-corrected chi connectivity index (χ2v) is 7.27. The van der Waals surface area contributed by atoms with Gasteiger partial charge in [-0.1, -0.05) is 39.0 Å². The van der Waals surface area contributed by atoms with Gasteiger partial charge in [-0.3, -0.25) is 4.79 Å². The molecule has 2 rings (SSSR count). The Balaban J connectivity index is 2.05. The number of amides is 1. The van der Waals surface area contributed by atoms with Gasteiger partial charge in [-0.05, 0) is 31.1 Å². The van der Waals surface area contributed by atoms with Crippen molar-refractivity contribution in [2.24, 2.45) is 0 Å². The zero-order valence-electron chi connectivity index (χ0n) is 15.6. The molecule has 0 saturated heterocycles. The van der Waals surface area contributed by atoms with Gasteiger partial charge in [0.1, 0.15) is 11.5 Å². The summed E-state index contributed by atoms with van der Waals surface area (Å²) in [4.78, 5) is 23.0. The molecule has 1 aromatic carbocycles. The van der Waals surface area contributed by atoms with Crippen molar-refractivity contribution in [3.63, 3.8) is 0 Å². The van der Waals surface area contributed by atoms with Gasteiger partial charge in [0, 0.05) is 18.8 Å². The monoisotopic (exact) mass is 341 g/mol. The maximum absolute atomic E-state index is 12.5. The van der Waals surface area contributed by atoms with Crippen molar-refractivity contribution in [1.29, 1.82) is 0 Å². The number of likely N-dealkylation sites (N-methyl/N-ethyl adjacent to an activating group) is 1. The molecule has 0 radical (unpaired) electrons. The topological polar surface area (TPSA) is 70.2 Å². The van der Waals surface area contributed by atoms with Crippen molar-refractivity contribution in [3.8, 4) is 0 Å². The number of nitrogens with one attached hydrogen (secondary N) is 2. The number of carbonyl (C=O) groups is 1. The van der Waals surface area contributed by atoms with Crippen LogP contribution in [0.1, 0.15) is 36.8 Å². The SMILES string of the molecule is CN(C)CCNc1cnc(C(=O)Nc2ccccc2C(C)(C)C)cn1. The molecular formula is C19H27N5O. The third-order valence-corrected chi connectivity index (χ3v) is 3.73. The molecule has 0 atom stereocenters. The van der Waals surface area contributed by atoms with E-state index in [9.17, 15) is 4.79 Å². The summed E-state index contributed by atoms with van der Waals surface area (Å²) in [5, 5.41) is 6.12. The normalized spacial score (nSPS) is 11.4. The Morgan fingerprint density at radius 2 is 1.84 bits per heavy atom. The van der Waals surface area contributed by atoms with Gasteiger partial charge in [0.05, 0.1) is 12.4 Å². The van der Waals surface area contributed by atoms with Crippen molar-refractivity contribution >= 4 is 17.4 Å². The van der Waals surface area contributed by atoms with Gasteiger partial charge in [0.2, 0.25) is 0 Å². The van der Waals surface area contributed by atoms with E-state index in [1.807, 2.05) is 38.4 Å². The third-order valence-electron chi connectivity index (χ3n) is 3.73. The van der Waals surface area contributed by atoms with E-state index in [4.69, 9.17) is 0 Å². The predicted octanol–water partition coefficient (Wildman–Crippen LogP) is 3.00. The average Bonchev–Trinajstić information content (AvgIpc) is 2.54. The molecule has 1 heterocycles. The van der Waals surface area contributed by atoms with Crippen LogP contribution in [0.3, 0.4) is 0 Å². The van der Waals surface area contributed by atoms with E-state index >= 15 is 0 Å². The predicted molar refractivity (Wildman–Crippen MR) is 102 cm³/mol. The Bertz CT molecular complexity index is 704. The van der Waals surface area contributed by atoms with Crippen molar-refractivity contribution < 1.29 is 4.79 Å². The summed E-state index contributed by atoms with van der Waals surface area (Å²) < 4.78 is 0. The van der Waals surface area contributed by atoms with Gasteiger partial charge in [0.25, 0.3) is 5.91 Å². The van der Waals surface area contributed by atoms with Crippen LogP contribution in [0.15, 0.2) is 36.7 Å². The fourth-order valence-corrected chi connectivity index (χ4v) is 2.38. The first-order valence-corrected chi connectivity index (χ1v) is 8.39. The highest BCUT2D eigenvalue weighted by molar-refractivity contribution is 6.03. The van der Waals surface area contributed by atoms with Crippen LogP contribution in [0.4, 0.5) is 11.5 Å². The third kappa shape index (κ3) is 5.53. The maximum atomic E-state index is 12.5. The quantitative estimate of drug-likeness (QED) is 0.845. The Hall–Kier alpha value is -2.47. The molecule has 0 fully saturated rings. The van der Waals surface area contributed by atoms with Gasteiger partial charge in [0.15, 0.2) is 0 Å². The minimum atomic E-state index is -0.260. The van der Waals surface area contributed by atoms with Gasteiger partial charge < -0.3 is 15.5 Å². The lowest BCUT2D eigenvalue weighted by atomic mass is 9.86. The number of hydrogen-bond acceptors (Lipinski definition) is 5. The summed E-state index contributed by atoms with van der Waals surface area (Å²) in [5.41, 5.74) is 2.12. The number of hydrogen-bond donors (Lipinski definition) is 2. The number of anilines is 2. The van der Waals surface area contributed by atoms with Crippen molar-refractivity contribution in [3.05, 3.63) is 47.9 Å². The minimum absolute atomic E-state index is 0.0598. The highest BCUT2D eigenvalue weighted by Crippen LogP contribution is 2.29. The number of aromatic nitrogens is 2. The van der Waals surface area contributed by atoms with Crippen LogP contribution >= 0.6 is 0 Å². The van der Waals surface area contributed by atoms with Crippen LogP contribution < -0.4 is 10.6 Å². The number of nitrogens with zero attached hydrogens (tertiary/aromatic N) is 3. The smallest absolute Gasteiger partial charge is 0.275 e. The van der Waals surface area contributed by atoms with E-state index in [0.717, 1.165) is 24.3 Å². The van der Waals surface area contributed by atoms with Crippen LogP contribution in [-0.4, -0.2) is 48.0 Å². The van der Waals surface area contributed by atoms with Gasteiger partial charge in [-0.2, -0.15) is 0 Å². The molecule has 0 bridgehead atoms. The van der Waals surface area contributed by atoms with E-state index in [2.05, 4.69) is 46.3 Å². The molecule has 2 aromatic rings. The molecular weight excluding hydrogens is 314 g/mol. The Labute approximate surface area is 149 Å². The summed E-state index contributed by atoms with van der Waals surface area (Å²) in [6.45, 7) is 8.02. The molecule has 1 aromatic heterocycles. The average molecular weight is 341 g/mol. The van der Waals surface area contributed by atoms with Gasteiger partial charge in [-0.25, -0.2) is 9.97 Å². The minimum Gasteiger partial charge on any atom is -0.368 e. The molecule has 134 valence electrons. The summed E-state index contributed by atoms with van der Waals surface area (Å²) >= 11 is 0. The molecule has 2 N–H and O–H groups in total. The second kappa shape index (κ2) is 8.07.